The minimum absolute atomic E-state index is 0.0246. The molecule has 6 nitrogen and oxygen atoms in total. The normalized spacial score (nSPS) is 22.7. The molecule has 2 atom stereocenters. The number of carbonyl (C=O) groups excluding carboxylic acids is 1. The summed E-state index contributed by atoms with van der Waals surface area (Å²) in [5, 5.41) is 0. The van der Waals surface area contributed by atoms with Crippen LogP contribution in [0.5, 0.6) is 0 Å². The average Bonchev–Trinajstić information content (AvgIpc) is 3.50. The van der Waals surface area contributed by atoms with Crippen LogP contribution >= 0.6 is 0 Å². The van der Waals surface area contributed by atoms with E-state index in [2.05, 4.69) is 4.98 Å². The first-order valence-corrected chi connectivity index (χ1v) is 9.54. The molecular weight excluding hydrogens is 342 g/mol. The molecule has 1 aromatic heterocycles. The minimum atomic E-state index is -0.368. The van der Waals surface area contributed by atoms with E-state index in [0.717, 1.165) is 24.1 Å². The summed E-state index contributed by atoms with van der Waals surface area (Å²) in [7, 11) is 0. The van der Waals surface area contributed by atoms with Gasteiger partial charge >= 0.3 is 5.69 Å². The SMILES string of the molecule is Cc1cc(C)n(CC(=O)N2C[C@@H](c3ccccc3)O[C@@H](C3CC3)C2)c(=O)n1. The first-order chi connectivity index (χ1) is 13.0. The lowest BCUT2D eigenvalue weighted by atomic mass is 10.0. The summed E-state index contributed by atoms with van der Waals surface area (Å²) in [5.74, 6) is 0.484. The van der Waals surface area contributed by atoms with Gasteiger partial charge in [-0.15, -0.1) is 0 Å². The number of hydrogen-bond acceptors (Lipinski definition) is 4. The number of rotatable bonds is 4. The standard InChI is InChI=1S/C21H25N3O3/c1-14-10-15(2)24(21(26)22-14)13-20(25)23-11-18(16-6-4-3-5-7-16)27-19(12-23)17-8-9-17/h3-7,10,17-19H,8-9,11-13H2,1-2H3/t18-,19+/m0/s1. The van der Waals surface area contributed by atoms with E-state index in [1.165, 1.54) is 4.57 Å². The van der Waals surface area contributed by atoms with Gasteiger partial charge in [0, 0.05) is 17.9 Å². The summed E-state index contributed by atoms with van der Waals surface area (Å²) in [6, 6.07) is 11.9. The van der Waals surface area contributed by atoms with Crippen molar-refractivity contribution in [1.82, 2.24) is 14.5 Å². The third-order valence-corrected chi connectivity index (χ3v) is 5.44. The van der Waals surface area contributed by atoms with E-state index < -0.39 is 0 Å². The van der Waals surface area contributed by atoms with Crippen LogP contribution < -0.4 is 5.69 Å². The Morgan fingerprint density at radius 1 is 1.19 bits per heavy atom. The Bertz CT molecular complexity index is 889. The molecule has 1 saturated heterocycles. The van der Waals surface area contributed by atoms with Crippen LogP contribution in [0.1, 0.15) is 35.9 Å². The molecule has 4 rings (SSSR count). The molecular formula is C21H25N3O3. The topological polar surface area (TPSA) is 64.4 Å². The van der Waals surface area contributed by atoms with Crippen LogP contribution in [0.2, 0.25) is 0 Å². The van der Waals surface area contributed by atoms with Crippen molar-refractivity contribution in [2.24, 2.45) is 5.92 Å². The Kier molecular flexibility index (Phi) is 4.83. The molecule has 0 spiro atoms. The van der Waals surface area contributed by atoms with Gasteiger partial charge in [-0.1, -0.05) is 30.3 Å². The highest BCUT2D eigenvalue weighted by molar-refractivity contribution is 5.76. The summed E-state index contributed by atoms with van der Waals surface area (Å²) in [6.07, 6.45) is 2.27. The first kappa shape index (κ1) is 17.9. The molecule has 1 aliphatic carbocycles. The summed E-state index contributed by atoms with van der Waals surface area (Å²) in [5.41, 5.74) is 2.15. The van der Waals surface area contributed by atoms with Crippen LogP contribution in [0.25, 0.3) is 0 Å². The predicted molar refractivity (Wildman–Crippen MR) is 101 cm³/mol. The van der Waals surface area contributed by atoms with E-state index in [9.17, 15) is 9.59 Å². The molecule has 0 radical (unpaired) electrons. The van der Waals surface area contributed by atoms with Crippen molar-refractivity contribution in [2.45, 2.75) is 45.4 Å². The number of aryl methyl sites for hydroxylation is 2. The number of nitrogens with zero attached hydrogens (tertiary/aromatic N) is 3. The number of carbonyl (C=O) groups is 1. The second-order valence-electron chi connectivity index (χ2n) is 7.62. The van der Waals surface area contributed by atoms with Crippen LogP contribution in [0, 0.1) is 19.8 Å². The maximum absolute atomic E-state index is 13.0. The van der Waals surface area contributed by atoms with Crippen LogP contribution in [-0.4, -0.2) is 39.6 Å². The van der Waals surface area contributed by atoms with Gasteiger partial charge in [0.25, 0.3) is 0 Å². The van der Waals surface area contributed by atoms with E-state index in [-0.39, 0.29) is 30.3 Å². The van der Waals surface area contributed by atoms with E-state index in [4.69, 9.17) is 4.74 Å². The van der Waals surface area contributed by atoms with Gasteiger partial charge in [0.15, 0.2) is 0 Å². The molecule has 0 unspecified atom stereocenters. The van der Waals surface area contributed by atoms with Gasteiger partial charge in [-0.3, -0.25) is 9.36 Å². The highest BCUT2D eigenvalue weighted by atomic mass is 16.5. The third-order valence-electron chi connectivity index (χ3n) is 5.44. The summed E-state index contributed by atoms with van der Waals surface area (Å²) >= 11 is 0. The molecule has 0 bridgehead atoms. The average molecular weight is 367 g/mol. The first-order valence-electron chi connectivity index (χ1n) is 9.54. The van der Waals surface area contributed by atoms with E-state index >= 15 is 0 Å². The molecule has 1 aromatic carbocycles. The number of benzene rings is 1. The van der Waals surface area contributed by atoms with Gasteiger partial charge in [-0.25, -0.2) is 4.79 Å². The number of hydrogen-bond donors (Lipinski definition) is 0. The van der Waals surface area contributed by atoms with Gasteiger partial charge in [0.2, 0.25) is 5.91 Å². The van der Waals surface area contributed by atoms with Crippen molar-refractivity contribution in [2.75, 3.05) is 13.1 Å². The Labute approximate surface area is 158 Å². The van der Waals surface area contributed by atoms with Crippen molar-refractivity contribution in [3.8, 4) is 0 Å². The monoisotopic (exact) mass is 367 g/mol. The van der Waals surface area contributed by atoms with Crippen LogP contribution in [0.15, 0.2) is 41.2 Å². The lowest BCUT2D eigenvalue weighted by Crippen LogP contribution is -2.49. The number of amides is 1. The van der Waals surface area contributed by atoms with E-state index in [0.29, 0.717) is 24.7 Å². The molecule has 1 aliphatic heterocycles. The van der Waals surface area contributed by atoms with Crippen molar-refractivity contribution < 1.29 is 9.53 Å². The minimum Gasteiger partial charge on any atom is -0.366 e. The van der Waals surface area contributed by atoms with Gasteiger partial charge in [-0.05, 0) is 44.2 Å². The van der Waals surface area contributed by atoms with Gasteiger partial charge in [0.1, 0.15) is 12.6 Å². The Morgan fingerprint density at radius 3 is 2.59 bits per heavy atom. The Balaban J connectivity index is 1.54. The summed E-state index contributed by atoms with van der Waals surface area (Å²) in [6.45, 7) is 4.76. The van der Waals surface area contributed by atoms with Gasteiger partial charge in [-0.2, -0.15) is 4.98 Å². The zero-order valence-electron chi connectivity index (χ0n) is 15.8. The second-order valence-corrected chi connectivity index (χ2v) is 7.62. The largest absolute Gasteiger partial charge is 0.366 e. The molecule has 27 heavy (non-hydrogen) atoms. The Morgan fingerprint density at radius 2 is 1.93 bits per heavy atom. The van der Waals surface area contributed by atoms with Crippen molar-refractivity contribution in [3.63, 3.8) is 0 Å². The lowest BCUT2D eigenvalue weighted by Gasteiger charge is -2.38. The molecule has 2 aromatic rings. The quantitative estimate of drug-likeness (QED) is 0.831. The molecule has 1 saturated carbocycles. The highest BCUT2D eigenvalue weighted by Gasteiger charge is 2.40. The maximum Gasteiger partial charge on any atom is 0.348 e. The number of morpholine rings is 1. The zero-order chi connectivity index (χ0) is 19.0. The van der Waals surface area contributed by atoms with Crippen LogP contribution in [0.3, 0.4) is 0 Å². The number of ether oxygens (including phenoxy) is 1. The van der Waals surface area contributed by atoms with E-state index in [1.807, 2.05) is 48.2 Å². The van der Waals surface area contributed by atoms with Crippen molar-refractivity contribution >= 4 is 5.91 Å². The molecule has 2 fully saturated rings. The fraction of sp³-hybridized carbons (Fsp3) is 0.476. The Hall–Kier alpha value is -2.47. The second kappa shape index (κ2) is 7.27. The maximum atomic E-state index is 13.0. The summed E-state index contributed by atoms with van der Waals surface area (Å²) < 4.78 is 7.77. The van der Waals surface area contributed by atoms with E-state index in [1.54, 1.807) is 6.92 Å². The van der Waals surface area contributed by atoms with Crippen LogP contribution in [0.4, 0.5) is 0 Å². The fourth-order valence-electron chi connectivity index (χ4n) is 3.77. The third kappa shape index (κ3) is 3.95. The lowest BCUT2D eigenvalue weighted by molar-refractivity contribution is -0.148. The summed E-state index contributed by atoms with van der Waals surface area (Å²) in [4.78, 5) is 31.0. The number of aromatic nitrogens is 2. The van der Waals surface area contributed by atoms with Gasteiger partial charge in [0.05, 0.1) is 12.6 Å². The fourth-order valence-corrected chi connectivity index (χ4v) is 3.77. The van der Waals surface area contributed by atoms with Crippen molar-refractivity contribution in [1.29, 1.82) is 0 Å². The predicted octanol–water partition coefficient (Wildman–Crippen LogP) is 2.24. The van der Waals surface area contributed by atoms with Gasteiger partial charge < -0.3 is 9.64 Å². The molecule has 2 aliphatic rings. The molecule has 2 heterocycles. The highest BCUT2D eigenvalue weighted by Crippen LogP contribution is 2.39. The molecule has 6 heteroatoms. The molecule has 142 valence electrons. The zero-order valence-corrected chi connectivity index (χ0v) is 15.8. The molecule has 0 N–H and O–H groups in total. The van der Waals surface area contributed by atoms with Crippen molar-refractivity contribution in [3.05, 3.63) is 63.8 Å². The smallest absolute Gasteiger partial charge is 0.348 e. The molecule has 1 amide bonds. The van der Waals surface area contributed by atoms with Crippen LogP contribution in [-0.2, 0) is 16.1 Å².